The Morgan fingerprint density at radius 2 is 1.69 bits per heavy atom. The lowest BCUT2D eigenvalue weighted by Crippen LogP contribution is -2.52. The van der Waals surface area contributed by atoms with Crippen molar-refractivity contribution < 1.29 is 24.2 Å². The maximum atomic E-state index is 12.8. The van der Waals surface area contributed by atoms with Gasteiger partial charge in [-0.1, -0.05) is 19.9 Å². The second-order valence-electron chi connectivity index (χ2n) is 8.34. The molecule has 0 aromatic heterocycles. The van der Waals surface area contributed by atoms with Crippen molar-refractivity contribution in [3.63, 3.8) is 0 Å². The van der Waals surface area contributed by atoms with Crippen LogP contribution in [0.5, 0.6) is 0 Å². The van der Waals surface area contributed by atoms with Gasteiger partial charge in [-0.25, -0.2) is 4.79 Å². The summed E-state index contributed by atoms with van der Waals surface area (Å²) in [7, 11) is 0. The minimum atomic E-state index is -1.05. The minimum Gasteiger partial charge on any atom is -0.444 e. The Bertz CT molecular complexity index is 598. The average Bonchev–Trinajstić information content (AvgIpc) is 2.52. The Kier molecular flexibility index (Phi) is 6.11. The summed E-state index contributed by atoms with van der Waals surface area (Å²) in [5.41, 5.74) is -0.256. The molecular weight excluding hydrogens is 336 g/mol. The number of ketones is 1. The van der Waals surface area contributed by atoms with Crippen LogP contribution in [-0.4, -0.2) is 70.6 Å². The predicted molar refractivity (Wildman–Crippen MR) is 96.4 cm³/mol. The number of nitrogens with zero attached hydrogens (tertiary/aromatic N) is 2. The van der Waals surface area contributed by atoms with Crippen molar-refractivity contribution in [3.05, 3.63) is 11.6 Å². The van der Waals surface area contributed by atoms with Gasteiger partial charge in [0.05, 0.1) is 6.10 Å². The fourth-order valence-electron chi connectivity index (χ4n) is 3.21. The maximum Gasteiger partial charge on any atom is 0.410 e. The quantitative estimate of drug-likeness (QED) is 0.802. The Morgan fingerprint density at radius 1 is 1.15 bits per heavy atom. The zero-order valence-electron chi connectivity index (χ0n) is 16.3. The summed E-state index contributed by atoms with van der Waals surface area (Å²) in [6.07, 6.45) is 0.183. The predicted octanol–water partition coefficient (Wildman–Crippen LogP) is 1.60. The fraction of sp³-hybridized carbons (Fsp3) is 0.737. The van der Waals surface area contributed by atoms with Gasteiger partial charge in [0.1, 0.15) is 11.4 Å². The standard InChI is InChI=1S/C19H30N2O5/c1-12(2)13-10-14(16(23)11-15(13)22)17(24)20-6-8-21(9-7-20)18(25)26-19(3,4)5/h10,12-13,16,23H,6-9,11H2,1-5H3. The van der Waals surface area contributed by atoms with E-state index in [1.54, 1.807) is 15.9 Å². The molecule has 0 aromatic rings. The molecule has 0 aromatic carbocycles. The van der Waals surface area contributed by atoms with Crippen LogP contribution in [0.15, 0.2) is 11.6 Å². The van der Waals surface area contributed by atoms with E-state index in [2.05, 4.69) is 0 Å². The van der Waals surface area contributed by atoms with Crippen molar-refractivity contribution in [1.29, 1.82) is 0 Å². The molecule has 7 heteroatoms. The van der Waals surface area contributed by atoms with Crippen LogP contribution in [0.2, 0.25) is 0 Å². The first-order valence-electron chi connectivity index (χ1n) is 9.19. The zero-order chi connectivity index (χ0) is 19.6. The second-order valence-corrected chi connectivity index (χ2v) is 8.34. The molecule has 26 heavy (non-hydrogen) atoms. The molecule has 146 valence electrons. The molecule has 0 spiro atoms. The molecule has 0 bridgehead atoms. The average molecular weight is 366 g/mol. The topological polar surface area (TPSA) is 87.2 Å². The number of ether oxygens (including phenoxy) is 1. The molecule has 2 rings (SSSR count). The van der Waals surface area contributed by atoms with Crippen LogP contribution in [0.4, 0.5) is 4.79 Å². The summed E-state index contributed by atoms with van der Waals surface area (Å²) in [4.78, 5) is 40.2. The number of Topliss-reactive ketones (excluding diaryl/α,β-unsaturated/α-hetero) is 1. The number of piperazine rings is 1. The van der Waals surface area contributed by atoms with Crippen LogP contribution in [0.25, 0.3) is 0 Å². The number of hydrogen-bond acceptors (Lipinski definition) is 5. The van der Waals surface area contributed by atoms with Crippen molar-refractivity contribution in [2.24, 2.45) is 11.8 Å². The van der Waals surface area contributed by atoms with E-state index < -0.39 is 11.7 Å². The van der Waals surface area contributed by atoms with Gasteiger partial charge in [-0.15, -0.1) is 0 Å². The van der Waals surface area contributed by atoms with Gasteiger partial charge in [-0.3, -0.25) is 9.59 Å². The number of carbonyl (C=O) groups is 3. The van der Waals surface area contributed by atoms with Gasteiger partial charge < -0.3 is 19.6 Å². The van der Waals surface area contributed by atoms with Gasteiger partial charge in [0.25, 0.3) is 5.91 Å². The lowest BCUT2D eigenvalue weighted by Gasteiger charge is -2.37. The number of hydrogen-bond donors (Lipinski definition) is 1. The number of amides is 2. The third-order valence-corrected chi connectivity index (χ3v) is 4.67. The smallest absolute Gasteiger partial charge is 0.410 e. The lowest BCUT2D eigenvalue weighted by atomic mass is 9.80. The van der Waals surface area contributed by atoms with Crippen molar-refractivity contribution in [2.75, 3.05) is 26.2 Å². The van der Waals surface area contributed by atoms with E-state index >= 15 is 0 Å². The second kappa shape index (κ2) is 7.78. The molecule has 1 aliphatic heterocycles. The lowest BCUT2D eigenvalue weighted by molar-refractivity contribution is -0.131. The third kappa shape index (κ3) is 4.84. The van der Waals surface area contributed by atoms with E-state index in [1.807, 2.05) is 34.6 Å². The van der Waals surface area contributed by atoms with Crippen LogP contribution < -0.4 is 0 Å². The Labute approximate surface area is 155 Å². The first-order chi connectivity index (χ1) is 12.0. The van der Waals surface area contributed by atoms with E-state index in [-0.39, 0.29) is 36.0 Å². The highest BCUT2D eigenvalue weighted by Crippen LogP contribution is 2.27. The van der Waals surface area contributed by atoms with Crippen molar-refractivity contribution >= 4 is 17.8 Å². The molecule has 0 saturated carbocycles. The number of aliphatic hydroxyl groups is 1. The van der Waals surface area contributed by atoms with E-state index in [0.717, 1.165) is 0 Å². The molecule has 1 heterocycles. The summed E-state index contributed by atoms with van der Waals surface area (Å²) in [5.74, 6) is -0.527. The molecule has 1 aliphatic carbocycles. The van der Waals surface area contributed by atoms with Crippen LogP contribution in [0, 0.1) is 11.8 Å². The van der Waals surface area contributed by atoms with Crippen LogP contribution in [-0.2, 0) is 14.3 Å². The Balaban J connectivity index is 2.00. The Morgan fingerprint density at radius 3 is 2.19 bits per heavy atom. The monoisotopic (exact) mass is 366 g/mol. The highest BCUT2D eigenvalue weighted by atomic mass is 16.6. The summed E-state index contributed by atoms with van der Waals surface area (Å²) in [5, 5.41) is 10.2. The maximum absolute atomic E-state index is 12.8. The summed E-state index contributed by atoms with van der Waals surface area (Å²) < 4.78 is 5.35. The van der Waals surface area contributed by atoms with E-state index in [9.17, 15) is 19.5 Å². The van der Waals surface area contributed by atoms with Gasteiger partial charge in [0, 0.05) is 44.1 Å². The molecule has 1 fully saturated rings. The number of allylic oxidation sites excluding steroid dienone is 1. The SMILES string of the molecule is CC(C)C1C=C(C(=O)N2CCN(C(=O)OC(C)(C)C)CC2)C(O)CC1=O. The molecule has 7 nitrogen and oxygen atoms in total. The molecule has 1 N–H and O–H groups in total. The van der Waals surface area contributed by atoms with Gasteiger partial charge in [-0.05, 0) is 26.7 Å². The van der Waals surface area contributed by atoms with Gasteiger partial charge in [0.2, 0.25) is 0 Å². The normalized spacial score (nSPS) is 24.6. The summed E-state index contributed by atoms with van der Waals surface area (Å²) >= 11 is 0. The van der Waals surface area contributed by atoms with Gasteiger partial charge in [0.15, 0.2) is 0 Å². The zero-order valence-corrected chi connectivity index (χ0v) is 16.3. The molecule has 2 aliphatic rings. The highest BCUT2D eigenvalue weighted by Gasteiger charge is 2.36. The molecule has 1 saturated heterocycles. The third-order valence-electron chi connectivity index (χ3n) is 4.67. The first-order valence-corrected chi connectivity index (χ1v) is 9.19. The van der Waals surface area contributed by atoms with E-state index in [0.29, 0.717) is 31.8 Å². The largest absolute Gasteiger partial charge is 0.444 e. The summed E-state index contributed by atoms with van der Waals surface area (Å²) in [6, 6.07) is 0. The fourth-order valence-corrected chi connectivity index (χ4v) is 3.21. The number of aliphatic hydroxyl groups excluding tert-OH is 1. The van der Waals surface area contributed by atoms with Gasteiger partial charge in [-0.2, -0.15) is 0 Å². The molecule has 2 atom stereocenters. The molecule has 2 unspecified atom stereocenters. The van der Waals surface area contributed by atoms with Crippen LogP contribution in [0.1, 0.15) is 41.0 Å². The molecular formula is C19H30N2O5. The van der Waals surface area contributed by atoms with E-state index in [1.165, 1.54) is 0 Å². The minimum absolute atomic E-state index is 0.0156. The highest BCUT2D eigenvalue weighted by molar-refractivity contribution is 5.99. The van der Waals surface area contributed by atoms with Gasteiger partial charge >= 0.3 is 6.09 Å². The van der Waals surface area contributed by atoms with Crippen molar-refractivity contribution in [1.82, 2.24) is 9.80 Å². The van der Waals surface area contributed by atoms with Crippen LogP contribution in [0.3, 0.4) is 0 Å². The molecule has 0 radical (unpaired) electrons. The first kappa shape index (κ1) is 20.4. The Hall–Kier alpha value is -1.89. The number of carbonyl (C=O) groups excluding carboxylic acids is 3. The van der Waals surface area contributed by atoms with Crippen LogP contribution >= 0.6 is 0 Å². The van der Waals surface area contributed by atoms with E-state index in [4.69, 9.17) is 4.74 Å². The van der Waals surface area contributed by atoms with Crippen molar-refractivity contribution in [3.8, 4) is 0 Å². The summed E-state index contributed by atoms with van der Waals surface area (Å²) in [6.45, 7) is 10.8. The molecule has 2 amide bonds. The van der Waals surface area contributed by atoms with Crippen molar-refractivity contribution in [2.45, 2.75) is 52.7 Å². The number of rotatable bonds is 2.